The van der Waals surface area contributed by atoms with Gasteiger partial charge in [-0.3, -0.25) is 14.2 Å². The number of carbonyl (C=O) groups is 1. The predicted molar refractivity (Wildman–Crippen MR) is 120 cm³/mol. The van der Waals surface area contributed by atoms with Crippen LogP contribution in [0.3, 0.4) is 0 Å². The van der Waals surface area contributed by atoms with Crippen LogP contribution >= 0.6 is 0 Å². The maximum absolute atomic E-state index is 14.1. The lowest BCUT2D eigenvalue weighted by Crippen LogP contribution is -2.35. The van der Waals surface area contributed by atoms with Crippen molar-refractivity contribution in [3.63, 3.8) is 0 Å². The number of anilines is 2. The first kappa shape index (κ1) is 21.6. The van der Waals surface area contributed by atoms with E-state index in [4.69, 9.17) is 5.10 Å². The van der Waals surface area contributed by atoms with Gasteiger partial charge < -0.3 is 15.1 Å². The van der Waals surface area contributed by atoms with Crippen LogP contribution in [0.1, 0.15) is 35.7 Å². The second kappa shape index (κ2) is 8.26. The molecule has 0 radical (unpaired) electrons. The Morgan fingerprint density at radius 2 is 2.06 bits per heavy atom. The Hall–Kier alpha value is -3.27. The smallest absolute Gasteiger partial charge is 0.264 e. The molecule has 0 bridgehead atoms. The van der Waals surface area contributed by atoms with Gasteiger partial charge in [0.25, 0.3) is 6.43 Å². The topological polar surface area (TPSA) is 71.2 Å². The molecule has 0 atom stereocenters. The van der Waals surface area contributed by atoms with Crippen LogP contribution in [0.4, 0.5) is 20.3 Å². The first-order valence-corrected chi connectivity index (χ1v) is 11.1. The maximum Gasteiger partial charge on any atom is 0.264 e. The number of halogens is 2. The number of hydrogen-bond acceptors (Lipinski definition) is 5. The molecule has 0 unspecified atom stereocenters. The number of nitrogens with zero attached hydrogens (tertiary/aromatic N) is 6. The van der Waals surface area contributed by atoms with Crippen LogP contribution in [0, 0.1) is 0 Å². The van der Waals surface area contributed by atoms with Crippen molar-refractivity contribution in [2.24, 2.45) is 7.05 Å². The Morgan fingerprint density at radius 3 is 2.73 bits per heavy atom. The van der Waals surface area contributed by atoms with E-state index in [1.807, 2.05) is 27.6 Å². The number of carbonyl (C=O) groups excluding carboxylic acids is 1. The number of nitrogens with one attached hydrogen (secondary N) is 1. The van der Waals surface area contributed by atoms with E-state index in [0.717, 1.165) is 34.7 Å². The highest BCUT2D eigenvalue weighted by Crippen LogP contribution is 2.43. The van der Waals surface area contributed by atoms with Crippen molar-refractivity contribution in [1.29, 1.82) is 0 Å². The minimum Gasteiger partial charge on any atom is -0.338 e. The zero-order valence-electron chi connectivity index (χ0n) is 19.0. The van der Waals surface area contributed by atoms with Gasteiger partial charge >= 0.3 is 0 Å². The molecule has 33 heavy (non-hydrogen) atoms. The largest absolute Gasteiger partial charge is 0.338 e. The average molecular weight is 456 g/mol. The van der Waals surface area contributed by atoms with Gasteiger partial charge in [0.05, 0.1) is 19.4 Å². The summed E-state index contributed by atoms with van der Waals surface area (Å²) in [6, 6.07) is 3.47. The highest BCUT2D eigenvalue weighted by molar-refractivity contribution is 5.79. The number of alkyl halides is 2. The van der Waals surface area contributed by atoms with Gasteiger partial charge in [-0.25, -0.2) is 8.78 Å². The Kier molecular flexibility index (Phi) is 5.40. The molecular weight excluding hydrogens is 428 g/mol. The highest BCUT2D eigenvalue weighted by atomic mass is 19.3. The molecule has 0 saturated heterocycles. The fraction of sp³-hybridized carbons (Fsp3) is 0.435. The van der Waals surface area contributed by atoms with Gasteiger partial charge in [-0.2, -0.15) is 10.2 Å². The summed E-state index contributed by atoms with van der Waals surface area (Å²) in [5.74, 6) is 0.773. The van der Waals surface area contributed by atoms with Crippen LogP contribution in [0.25, 0.3) is 11.1 Å². The highest BCUT2D eigenvalue weighted by Gasteiger charge is 2.33. The molecule has 0 saturated carbocycles. The van der Waals surface area contributed by atoms with Gasteiger partial charge in [-0.05, 0) is 36.7 Å². The van der Waals surface area contributed by atoms with Crippen molar-refractivity contribution in [3.8, 4) is 11.1 Å². The van der Waals surface area contributed by atoms with E-state index in [9.17, 15) is 13.6 Å². The Bertz CT molecular complexity index is 1220. The number of hydrogen-bond donors (Lipinski definition) is 1. The molecule has 2 aromatic heterocycles. The van der Waals surface area contributed by atoms with Gasteiger partial charge in [-0.1, -0.05) is 0 Å². The van der Waals surface area contributed by atoms with E-state index < -0.39 is 6.43 Å². The number of aromatic nitrogens is 4. The summed E-state index contributed by atoms with van der Waals surface area (Å²) in [6.07, 6.45) is 2.21. The van der Waals surface area contributed by atoms with E-state index in [-0.39, 0.29) is 11.5 Å². The van der Waals surface area contributed by atoms with Gasteiger partial charge in [-0.15, -0.1) is 0 Å². The third kappa shape index (κ3) is 3.68. The molecule has 174 valence electrons. The molecule has 0 fully saturated rings. The minimum atomic E-state index is -2.61. The minimum absolute atomic E-state index is 0.0115. The van der Waals surface area contributed by atoms with E-state index in [1.54, 1.807) is 37.1 Å². The molecule has 5 rings (SSSR count). The number of benzene rings is 1. The molecule has 8 nitrogen and oxygen atoms in total. The first-order valence-electron chi connectivity index (χ1n) is 11.1. The summed E-state index contributed by atoms with van der Waals surface area (Å²) >= 11 is 0. The van der Waals surface area contributed by atoms with Crippen molar-refractivity contribution >= 4 is 17.4 Å². The molecule has 4 heterocycles. The van der Waals surface area contributed by atoms with Crippen molar-refractivity contribution < 1.29 is 13.6 Å². The second-order valence-corrected chi connectivity index (χ2v) is 8.62. The van der Waals surface area contributed by atoms with Crippen LogP contribution in [0.2, 0.25) is 0 Å². The molecule has 1 amide bonds. The van der Waals surface area contributed by atoms with Gasteiger partial charge in [0.2, 0.25) is 5.91 Å². The third-order valence-corrected chi connectivity index (χ3v) is 6.52. The lowest BCUT2D eigenvalue weighted by atomic mass is 9.98. The summed E-state index contributed by atoms with van der Waals surface area (Å²) in [6.45, 7) is 3.90. The van der Waals surface area contributed by atoms with Gasteiger partial charge in [0, 0.05) is 67.8 Å². The lowest BCUT2D eigenvalue weighted by Gasteiger charge is -2.28. The zero-order valence-corrected chi connectivity index (χ0v) is 19.0. The fourth-order valence-electron chi connectivity index (χ4n) is 4.90. The fourth-order valence-corrected chi connectivity index (χ4v) is 4.90. The van der Waals surface area contributed by atoms with Crippen molar-refractivity contribution in [3.05, 3.63) is 46.9 Å². The predicted octanol–water partition coefficient (Wildman–Crippen LogP) is 3.00. The summed E-state index contributed by atoms with van der Waals surface area (Å²) in [5, 5.41) is 12.1. The molecule has 2 aliphatic heterocycles. The standard InChI is InChI=1S/C23H27F2N7O/c1-14(33)30-6-5-20-19(12-30)23(28-32(20)13-26-2)31-7-4-15-8-17(16-10-27-29(3)11-16)18(22(24)25)9-21(15)31/h8-11,22,26H,4-7,12-13H2,1-3H3. The molecule has 1 N–H and O–H groups in total. The molecular formula is C23H27F2N7O. The maximum atomic E-state index is 14.1. The Morgan fingerprint density at radius 1 is 1.24 bits per heavy atom. The summed E-state index contributed by atoms with van der Waals surface area (Å²) in [4.78, 5) is 15.9. The van der Waals surface area contributed by atoms with Gasteiger partial charge in [0.1, 0.15) is 0 Å². The van der Waals surface area contributed by atoms with Crippen LogP contribution in [-0.4, -0.2) is 50.5 Å². The number of aryl methyl sites for hydroxylation is 1. The quantitative estimate of drug-likeness (QED) is 0.641. The summed E-state index contributed by atoms with van der Waals surface area (Å²) < 4.78 is 31.8. The van der Waals surface area contributed by atoms with E-state index in [2.05, 4.69) is 10.4 Å². The van der Waals surface area contributed by atoms with Gasteiger partial charge in [0.15, 0.2) is 5.82 Å². The summed E-state index contributed by atoms with van der Waals surface area (Å²) in [5.41, 5.74) is 5.04. The van der Waals surface area contributed by atoms with Crippen molar-refractivity contribution in [2.45, 2.75) is 39.4 Å². The molecule has 0 spiro atoms. The van der Waals surface area contributed by atoms with Crippen molar-refractivity contribution in [2.75, 3.05) is 25.0 Å². The molecule has 2 aliphatic rings. The summed E-state index contributed by atoms with van der Waals surface area (Å²) in [7, 11) is 3.63. The lowest BCUT2D eigenvalue weighted by molar-refractivity contribution is -0.129. The van der Waals surface area contributed by atoms with Crippen molar-refractivity contribution in [1.82, 2.24) is 29.8 Å². The molecule has 10 heteroatoms. The zero-order chi connectivity index (χ0) is 23.3. The van der Waals surface area contributed by atoms with E-state index >= 15 is 0 Å². The van der Waals surface area contributed by atoms with E-state index in [1.165, 1.54) is 0 Å². The number of amides is 1. The average Bonchev–Trinajstić information content (AvgIpc) is 3.49. The first-order chi connectivity index (χ1) is 15.9. The monoisotopic (exact) mass is 455 g/mol. The molecule has 1 aromatic carbocycles. The molecule has 3 aromatic rings. The van der Waals surface area contributed by atoms with Crippen LogP contribution in [0.15, 0.2) is 24.5 Å². The normalized spacial score (nSPS) is 15.3. The van der Waals surface area contributed by atoms with Crippen LogP contribution in [-0.2, 0) is 37.9 Å². The van der Waals surface area contributed by atoms with E-state index in [0.29, 0.717) is 43.9 Å². The second-order valence-electron chi connectivity index (χ2n) is 8.62. The molecule has 0 aliphatic carbocycles. The van der Waals surface area contributed by atoms with Crippen LogP contribution < -0.4 is 10.2 Å². The number of fused-ring (bicyclic) bond motifs is 2. The van der Waals surface area contributed by atoms with Crippen LogP contribution in [0.5, 0.6) is 0 Å². The number of rotatable bonds is 5. The SMILES string of the molecule is CNCn1nc(N2CCc3cc(-c4cnn(C)c4)c(C(F)F)cc32)c2c1CCN(C(C)=O)C2. The Balaban J connectivity index is 1.60. The third-order valence-electron chi connectivity index (χ3n) is 6.52. The Labute approximate surface area is 190 Å².